The molecule has 1 saturated carbocycles. The van der Waals surface area contributed by atoms with Crippen LogP contribution in [-0.2, 0) is 6.42 Å². The summed E-state index contributed by atoms with van der Waals surface area (Å²) in [6.07, 6.45) is 5.01. The first-order chi connectivity index (χ1) is 7.57. The van der Waals surface area contributed by atoms with Crippen LogP contribution in [0.2, 0.25) is 5.02 Å². The second-order valence-corrected chi connectivity index (χ2v) is 5.44. The van der Waals surface area contributed by atoms with Crippen molar-refractivity contribution in [3.63, 3.8) is 0 Å². The molecule has 104 valence electrons. The lowest BCUT2D eigenvalue weighted by atomic mass is 9.77. The van der Waals surface area contributed by atoms with Crippen molar-refractivity contribution in [2.75, 3.05) is 0 Å². The quantitative estimate of drug-likeness (QED) is 0.880. The van der Waals surface area contributed by atoms with Gasteiger partial charge in [0.2, 0.25) is 0 Å². The van der Waals surface area contributed by atoms with Crippen LogP contribution in [-0.4, -0.2) is 11.6 Å². The molecule has 0 aromatic heterocycles. The molecule has 0 bridgehead atoms. The van der Waals surface area contributed by atoms with Crippen molar-refractivity contribution >= 4 is 36.4 Å². The van der Waals surface area contributed by atoms with Gasteiger partial charge < -0.3 is 11.5 Å². The second-order valence-electron chi connectivity index (χ2n) is 5.01. The van der Waals surface area contributed by atoms with Crippen LogP contribution >= 0.6 is 36.4 Å². The van der Waals surface area contributed by atoms with E-state index in [-0.39, 0.29) is 30.4 Å². The van der Waals surface area contributed by atoms with E-state index >= 15 is 0 Å². The zero-order chi connectivity index (χ0) is 11.6. The minimum absolute atomic E-state index is 0. The summed E-state index contributed by atoms with van der Waals surface area (Å²) in [5.41, 5.74) is 13.4. The topological polar surface area (TPSA) is 52.0 Å². The molecule has 0 amide bonds. The maximum absolute atomic E-state index is 6.40. The van der Waals surface area contributed by atoms with Gasteiger partial charge in [-0.05, 0) is 49.8 Å². The molecule has 5 heteroatoms. The molecule has 2 rings (SSSR count). The number of rotatable bonds is 2. The highest BCUT2D eigenvalue weighted by molar-refractivity contribution is 6.30. The van der Waals surface area contributed by atoms with E-state index in [1.165, 1.54) is 5.56 Å². The zero-order valence-electron chi connectivity index (χ0n) is 10.3. The summed E-state index contributed by atoms with van der Waals surface area (Å²) in [6, 6.07) is 8.32. The third-order valence-corrected chi connectivity index (χ3v) is 3.71. The summed E-state index contributed by atoms with van der Waals surface area (Å²) >= 11 is 5.97. The van der Waals surface area contributed by atoms with Crippen molar-refractivity contribution in [2.45, 2.75) is 43.7 Å². The highest BCUT2D eigenvalue weighted by Gasteiger charge is 2.30. The third kappa shape index (κ3) is 4.94. The SMILES string of the molecule is Cl.Cl.NC1CCC(N)(Cc2cccc(Cl)c2)CC1. The molecular formula is C13H21Cl3N2. The number of nitrogens with two attached hydrogens (primary N) is 2. The van der Waals surface area contributed by atoms with E-state index in [4.69, 9.17) is 23.1 Å². The van der Waals surface area contributed by atoms with Crippen molar-refractivity contribution in [1.29, 1.82) is 0 Å². The van der Waals surface area contributed by atoms with Gasteiger partial charge in [0.05, 0.1) is 0 Å². The molecule has 0 unspecified atom stereocenters. The number of hydrogen-bond acceptors (Lipinski definition) is 2. The van der Waals surface area contributed by atoms with Gasteiger partial charge in [0.1, 0.15) is 0 Å². The molecule has 0 heterocycles. The molecule has 1 aromatic carbocycles. The fourth-order valence-electron chi connectivity index (χ4n) is 2.45. The fraction of sp³-hybridized carbons (Fsp3) is 0.538. The zero-order valence-corrected chi connectivity index (χ0v) is 12.7. The first-order valence-corrected chi connectivity index (χ1v) is 6.24. The normalized spacial score (nSPS) is 26.9. The van der Waals surface area contributed by atoms with E-state index in [9.17, 15) is 0 Å². The van der Waals surface area contributed by atoms with Gasteiger partial charge in [0.15, 0.2) is 0 Å². The Morgan fingerprint density at radius 1 is 1.22 bits per heavy atom. The van der Waals surface area contributed by atoms with Gasteiger partial charge in [0, 0.05) is 16.6 Å². The summed E-state index contributed by atoms with van der Waals surface area (Å²) in [6.45, 7) is 0. The maximum Gasteiger partial charge on any atom is 0.0408 e. The van der Waals surface area contributed by atoms with Crippen molar-refractivity contribution in [2.24, 2.45) is 11.5 Å². The van der Waals surface area contributed by atoms with Gasteiger partial charge >= 0.3 is 0 Å². The highest BCUT2D eigenvalue weighted by atomic mass is 35.5. The predicted molar refractivity (Wildman–Crippen MR) is 83.0 cm³/mol. The lowest BCUT2D eigenvalue weighted by Gasteiger charge is -2.36. The van der Waals surface area contributed by atoms with Gasteiger partial charge in [-0.3, -0.25) is 0 Å². The monoisotopic (exact) mass is 310 g/mol. The molecule has 0 saturated heterocycles. The Morgan fingerprint density at radius 2 is 1.83 bits per heavy atom. The van der Waals surface area contributed by atoms with Gasteiger partial charge in [-0.15, -0.1) is 24.8 Å². The van der Waals surface area contributed by atoms with Crippen LogP contribution in [0.5, 0.6) is 0 Å². The maximum atomic E-state index is 6.40. The van der Waals surface area contributed by atoms with Crippen LogP contribution < -0.4 is 11.5 Å². The fourth-order valence-corrected chi connectivity index (χ4v) is 2.66. The molecule has 1 aliphatic carbocycles. The third-order valence-electron chi connectivity index (χ3n) is 3.47. The molecule has 1 aliphatic rings. The van der Waals surface area contributed by atoms with E-state index in [2.05, 4.69) is 6.07 Å². The second kappa shape index (κ2) is 7.56. The highest BCUT2D eigenvalue weighted by Crippen LogP contribution is 2.29. The lowest BCUT2D eigenvalue weighted by molar-refractivity contribution is 0.271. The van der Waals surface area contributed by atoms with E-state index in [0.717, 1.165) is 37.1 Å². The van der Waals surface area contributed by atoms with E-state index < -0.39 is 0 Å². The van der Waals surface area contributed by atoms with Gasteiger partial charge in [-0.2, -0.15) is 0 Å². The van der Waals surface area contributed by atoms with Crippen molar-refractivity contribution in [3.05, 3.63) is 34.9 Å². The first kappa shape index (κ1) is 18.0. The van der Waals surface area contributed by atoms with Crippen LogP contribution in [0.25, 0.3) is 0 Å². The minimum atomic E-state index is -0.0828. The first-order valence-electron chi connectivity index (χ1n) is 5.86. The molecule has 2 nitrogen and oxygen atoms in total. The Hall–Kier alpha value is 0.01000. The van der Waals surface area contributed by atoms with Crippen molar-refractivity contribution in [3.8, 4) is 0 Å². The average molecular weight is 312 g/mol. The Bertz CT molecular complexity index is 363. The molecule has 0 spiro atoms. The summed E-state index contributed by atoms with van der Waals surface area (Å²) in [7, 11) is 0. The molecular weight excluding hydrogens is 291 g/mol. The molecule has 18 heavy (non-hydrogen) atoms. The molecule has 4 N–H and O–H groups in total. The number of hydrogen-bond donors (Lipinski definition) is 2. The standard InChI is InChI=1S/C13H19ClN2.2ClH/c14-11-3-1-2-10(8-11)9-13(16)6-4-12(15)5-7-13;;/h1-3,8,12H,4-7,9,15-16H2;2*1H. The van der Waals surface area contributed by atoms with Crippen LogP contribution in [0.1, 0.15) is 31.2 Å². The molecule has 0 atom stereocenters. The largest absolute Gasteiger partial charge is 0.328 e. The molecule has 0 radical (unpaired) electrons. The molecule has 0 aliphatic heterocycles. The smallest absolute Gasteiger partial charge is 0.0408 e. The summed E-state index contributed by atoms with van der Waals surface area (Å²) in [5.74, 6) is 0. The van der Waals surface area contributed by atoms with Gasteiger partial charge in [-0.1, -0.05) is 23.7 Å². The van der Waals surface area contributed by atoms with Crippen LogP contribution in [0, 0.1) is 0 Å². The van der Waals surface area contributed by atoms with Gasteiger partial charge in [0.25, 0.3) is 0 Å². The van der Waals surface area contributed by atoms with E-state index in [0.29, 0.717) is 6.04 Å². The van der Waals surface area contributed by atoms with Crippen LogP contribution in [0.4, 0.5) is 0 Å². The Kier molecular flexibility index (Phi) is 7.57. The average Bonchev–Trinajstić information content (AvgIpc) is 2.23. The van der Waals surface area contributed by atoms with Crippen molar-refractivity contribution < 1.29 is 0 Å². The minimum Gasteiger partial charge on any atom is -0.328 e. The Morgan fingerprint density at radius 3 is 2.39 bits per heavy atom. The summed E-state index contributed by atoms with van der Waals surface area (Å²) < 4.78 is 0. The number of halogens is 3. The summed E-state index contributed by atoms with van der Waals surface area (Å²) in [5, 5.41) is 0.786. The van der Waals surface area contributed by atoms with Crippen molar-refractivity contribution in [1.82, 2.24) is 0 Å². The van der Waals surface area contributed by atoms with E-state index in [1.807, 2.05) is 18.2 Å². The van der Waals surface area contributed by atoms with Crippen LogP contribution in [0.3, 0.4) is 0 Å². The number of benzene rings is 1. The van der Waals surface area contributed by atoms with E-state index in [1.54, 1.807) is 0 Å². The van der Waals surface area contributed by atoms with Gasteiger partial charge in [-0.25, -0.2) is 0 Å². The Balaban J connectivity index is 0.00000144. The predicted octanol–water partition coefficient (Wildman–Crippen LogP) is 3.32. The summed E-state index contributed by atoms with van der Waals surface area (Å²) in [4.78, 5) is 0. The van der Waals surface area contributed by atoms with Crippen LogP contribution in [0.15, 0.2) is 24.3 Å². The Labute approximate surface area is 126 Å². The molecule has 1 fully saturated rings. The lowest BCUT2D eigenvalue weighted by Crippen LogP contribution is -2.47. The molecule has 1 aromatic rings.